The van der Waals surface area contributed by atoms with Crippen molar-refractivity contribution in [3.05, 3.63) is 79.1 Å². The topological polar surface area (TPSA) is 55.2 Å². The van der Waals surface area contributed by atoms with Gasteiger partial charge in [-0.15, -0.1) is 0 Å². The molecule has 1 atom stereocenters. The second-order valence-electron chi connectivity index (χ2n) is 7.82. The van der Waals surface area contributed by atoms with E-state index in [0.717, 1.165) is 23.2 Å². The molecule has 0 saturated heterocycles. The lowest BCUT2D eigenvalue weighted by Crippen LogP contribution is -2.65. The highest BCUT2D eigenvalue weighted by Gasteiger charge is 2.49. The van der Waals surface area contributed by atoms with Gasteiger partial charge in [0.05, 0.1) is 0 Å². The first-order valence-corrected chi connectivity index (χ1v) is 12.4. The molecule has 0 aliphatic rings. The molecule has 2 aromatic carbocycles. The van der Waals surface area contributed by atoms with E-state index in [-0.39, 0.29) is 11.1 Å². The van der Waals surface area contributed by atoms with Gasteiger partial charge < -0.3 is 9.53 Å². The predicted molar refractivity (Wildman–Crippen MR) is 124 cm³/mol. The van der Waals surface area contributed by atoms with Crippen LogP contribution in [-0.2, 0) is 0 Å². The lowest BCUT2D eigenvalue weighted by molar-refractivity contribution is 0.189. The average molecular weight is 425 g/mol. The van der Waals surface area contributed by atoms with Gasteiger partial charge in [0, 0.05) is 18.1 Å². The van der Waals surface area contributed by atoms with Crippen molar-refractivity contribution in [2.75, 3.05) is 5.75 Å². The van der Waals surface area contributed by atoms with E-state index in [9.17, 15) is 4.80 Å². The van der Waals surface area contributed by atoms with Gasteiger partial charge in [-0.2, -0.15) is 12.6 Å². The Balaban J connectivity index is 1.85. The highest BCUT2D eigenvalue weighted by atomic mass is 32.1. The molecule has 0 unspecified atom stereocenters. The Labute approximate surface area is 179 Å². The SMILES string of the molecule is CC(C)(CC[C@@H](CS)Oc1ncccn1)[Si](O)(c1ccccc1)c1ccccc1. The molecule has 1 aromatic heterocycles. The Morgan fingerprint density at radius 2 is 1.45 bits per heavy atom. The van der Waals surface area contributed by atoms with Gasteiger partial charge in [-0.05, 0) is 34.3 Å². The number of benzene rings is 2. The molecule has 0 aliphatic carbocycles. The third kappa shape index (κ3) is 4.89. The zero-order chi connectivity index (χ0) is 20.7. The fourth-order valence-electron chi connectivity index (χ4n) is 3.69. The van der Waals surface area contributed by atoms with E-state index < -0.39 is 8.32 Å². The average Bonchev–Trinajstić information content (AvgIpc) is 2.77. The standard InChI is InChI=1S/C23H28N2O2SSi/c1-23(2,15-14-19(18-28)27-22-24-16-9-17-25-22)29(26,20-10-5-3-6-11-20)21-12-7-4-8-13-21/h3-13,16-17,19,26,28H,14-15,18H2,1-2H3/t19-/m0/s1. The number of aromatic nitrogens is 2. The minimum Gasteiger partial charge on any atom is -0.459 e. The van der Waals surface area contributed by atoms with Crippen molar-refractivity contribution in [2.24, 2.45) is 0 Å². The quantitative estimate of drug-likeness (QED) is 0.408. The zero-order valence-electron chi connectivity index (χ0n) is 16.9. The van der Waals surface area contributed by atoms with Gasteiger partial charge in [0.1, 0.15) is 6.10 Å². The van der Waals surface area contributed by atoms with Gasteiger partial charge in [0.25, 0.3) is 8.32 Å². The molecular weight excluding hydrogens is 396 g/mol. The van der Waals surface area contributed by atoms with Crippen LogP contribution >= 0.6 is 12.6 Å². The number of hydrogen-bond acceptors (Lipinski definition) is 5. The number of rotatable bonds is 9. The Morgan fingerprint density at radius 1 is 0.931 bits per heavy atom. The van der Waals surface area contributed by atoms with E-state index in [1.54, 1.807) is 18.5 Å². The number of thiol groups is 1. The molecule has 1 heterocycles. The summed E-state index contributed by atoms with van der Waals surface area (Å²) < 4.78 is 5.92. The molecule has 0 amide bonds. The molecule has 1 N–H and O–H groups in total. The van der Waals surface area contributed by atoms with Crippen molar-refractivity contribution in [2.45, 2.75) is 37.8 Å². The Hall–Kier alpha value is -2.15. The van der Waals surface area contributed by atoms with Crippen LogP contribution < -0.4 is 15.1 Å². The molecule has 4 nitrogen and oxygen atoms in total. The maximum absolute atomic E-state index is 12.2. The summed E-state index contributed by atoms with van der Waals surface area (Å²) in [7, 11) is -3.01. The molecule has 152 valence electrons. The van der Waals surface area contributed by atoms with Crippen LogP contribution in [0.15, 0.2) is 79.1 Å². The molecule has 0 fully saturated rings. The van der Waals surface area contributed by atoms with E-state index in [0.29, 0.717) is 11.8 Å². The van der Waals surface area contributed by atoms with Crippen molar-refractivity contribution >= 4 is 31.3 Å². The first-order valence-electron chi connectivity index (χ1n) is 9.85. The maximum atomic E-state index is 12.2. The second-order valence-corrected chi connectivity index (χ2v) is 12.1. The van der Waals surface area contributed by atoms with E-state index in [2.05, 4.69) is 36.4 Å². The van der Waals surface area contributed by atoms with Gasteiger partial charge in [-0.1, -0.05) is 74.5 Å². The lowest BCUT2D eigenvalue weighted by Gasteiger charge is -2.41. The Morgan fingerprint density at radius 3 is 1.93 bits per heavy atom. The normalized spacial score (nSPS) is 13.1. The minimum atomic E-state index is -3.01. The fourth-order valence-corrected chi connectivity index (χ4v) is 7.70. The first kappa shape index (κ1) is 21.6. The Kier molecular flexibility index (Phi) is 7.11. The van der Waals surface area contributed by atoms with Crippen LogP contribution in [0.2, 0.25) is 5.04 Å². The van der Waals surface area contributed by atoms with Crippen molar-refractivity contribution in [3.8, 4) is 6.01 Å². The molecule has 3 rings (SSSR count). The summed E-state index contributed by atoms with van der Waals surface area (Å²) in [6, 6.07) is 22.3. The largest absolute Gasteiger partial charge is 0.459 e. The number of ether oxygens (including phenoxy) is 1. The molecular formula is C23H28N2O2SSi. The second kappa shape index (κ2) is 9.56. The van der Waals surface area contributed by atoms with Gasteiger partial charge in [-0.25, -0.2) is 9.97 Å². The smallest absolute Gasteiger partial charge is 0.316 e. The summed E-state index contributed by atoms with van der Waals surface area (Å²) in [6.07, 6.45) is 4.75. The first-order chi connectivity index (χ1) is 14.0. The van der Waals surface area contributed by atoms with Gasteiger partial charge in [0.15, 0.2) is 0 Å². The van der Waals surface area contributed by atoms with Crippen LogP contribution in [0, 0.1) is 0 Å². The van der Waals surface area contributed by atoms with Crippen molar-refractivity contribution in [1.29, 1.82) is 0 Å². The van der Waals surface area contributed by atoms with Gasteiger partial charge in [-0.3, -0.25) is 0 Å². The third-order valence-electron chi connectivity index (χ3n) is 5.47. The van der Waals surface area contributed by atoms with Crippen molar-refractivity contribution < 1.29 is 9.53 Å². The van der Waals surface area contributed by atoms with E-state index in [1.165, 1.54) is 0 Å². The summed E-state index contributed by atoms with van der Waals surface area (Å²) in [6.45, 7) is 4.32. The van der Waals surface area contributed by atoms with Crippen molar-refractivity contribution in [3.63, 3.8) is 0 Å². The maximum Gasteiger partial charge on any atom is 0.316 e. The number of hydrogen-bond donors (Lipinski definition) is 2. The van der Waals surface area contributed by atoms with E-state index in [4.69, 9.17) is 4.74 Å². The highest BCUT2D eigenvalue weighted by molar-refractivity contribution is 7.80. The fraction of sp³-hybridized carbons (Fsp3) is 0.304. The Bertz CT molecular complexity index is 840. The monoisotopic (exact) mass is 424 g/mol. The van der Waals surface area contributed by atoms with E-state index >= 15 is 0 Å². The molecule has 6 heteroatoms. The van der Waals surface area contributed by atoms with Crippen LogP contribution in [-0.4, -0.2) is 34.9 Å². The molecule has 0 aliphatic heterocycles. The van der Waals surface area contributed by atoms with Crippen LogP contribution in [0.1, 0.15) is 26.7 Å². The van der Waals surface area contributed by atoms with Crippen LogP contribution in [0.5, 0.6) is 6.01 Å². The lowest BCUT2D eigenvalue weighted by atomic mass is 10.0. The zero-order valence-corrected chi connectivity index (χ0v) is 18.8. The molecule has 3 aromatic rings. The predicted octanol–water partition coefficient (Wildman–Crippen LogP) is 3.47. The molecule has 29 heavy (non-hydrogen) atoms. The van der Waals surface area contributed by atoms with Gasteiger partial charge in [0.2, 0.25) is 0 Å². The summed E-state index contributed by atoms with van der Waals surface area (Å²) in [5.74, 6) is 0.561. The summed E-state index contributed by atoms with van der Waals surface area (Å²) in [4.78, 5) is 20.5. The summed E-state index contributed by atoms with van der Waals surface area (Å²) in [5.41, 5.74) is 0. The highest BCUT2D eigenvalue weighted by Crippen LogP contribution is 2.40. The van der Waals surface area contributed by atoms with Crippen molar-refractivity contribution in [1.82, 2.24) is 9.97 Å². The van der Waals surface area contributed by atoms with Crippen LogP contribution in [0.4, 0.5) is 0 Å². The molecule has 0 radical (unpaired) electrons. The third-order valence-corrected chi connectivity index (χ3v) is 10.4. The molecule has 0 spiro atoms. The summed E-state index contributed by atoms with van der Waals surface area (Å²) in [5, 5.41) is 1.72. The van der Waals surface area contributed by atoms with Gasteiger partial charge >= 0.3 is 6.01 Å². The van der Waals surface area contributed by atoms with Crippen LogP contribution in [0.25, 0.3) is 0 Å². The summed E-state index contributed by atoms with van der Waals surface area (Å²) >= 11 is 4.46. The van der Waals surface area contributed by atoms with Crippen LogP contribution in [0.3, 0.4) is 0 Å². The van der Waals surface area contributed by atoms with E-state index in [1.807, 2.05) is 60.7 Å². The minimum absolute atomic E-state index is 0.121. The number of nitrogens with zero attached hydrogens (tertiary/aromatic N) is 2. The molecule has 0 saturated carbocycles. The molecule has 0 bridgehead atoms.